The van der Waals surface area contributed by atoms with Crippen LogP contribution >= 0.6 is 7.92 Å². The highest BCUT2D eigenvalue weighted by Crippen LogP contribution is 2.45. The number of anilines is 1. The fourth-order valence-electron chi connectivity index (χ4n) is 4.61. The number of nitrogens with zero attached hydrogens (tertiary/aromatic N) is 2. The van der Waals surface area contributed by atoms with E-state index in [2.05, 4.69) is 38.9 Å². The number of nitrogens with one attached hydrogen (secondary N) is 3. The van der Waals surface area contributed by atoms with Gasteiger partial charge in [-0.2, -0.15) is 13.2 Å². The number of rotatable bonds is 4. The van der Waals surface area contributed by atoms with Gasteiger partial charge in [0.15, 0.2) is 0 Å². The zero-order valence-electron chi connectivity index (χ0n) is 16.8. The topological polar surface area (TPSA) is 65.6 Å². The molecule has 1 saturated heterocycles. The van der Waals surface area contributed by atoms with E-state index in [1.807, 2.05) is 18.2 Å². The highest BCUT2D eigenvalue weighted by molar-refractivity contribution is 7.64. The summed E-state index contributed by atoms with van der Waals surface area (Å²) in [6, 6.07) is 5.96. The van der Waals surface area contributed by atoms with Crippen molar-refractivity contribution in [3.8, 4) is 11.3 Å². The summed E-state index contributed by atoms with van der Waals surface area (Å²) >= 11 is 0. The average Bonchev–Trinajstić information content (AvgIpc) is 3.05. The number of alkyl halides is 3. The smallest absolute Gasteiger partial charge is 0.360 e. The molecule has 30 heavy (non-hydrogen) atoms. The van der Waals surface area contributed by atoms with Gasteiger partial charge in [0.1, 0.15) is 5.56 Å². The van der Waals surface area contributed by atoms with Crippen molar-refractivity contribution in [1.29, 1.82) is 0 Å². The van der Waals surface area contributed by atoms with Crippen molar-refractivity contribution in [3.05, 3.63) is 36.2 Å². The molecule has 0 bridgehead atoms. The van der Waals surface area contributed by atoms with Crippen molar-refractivity contribution in [2.75, 3.05) is 31.7 Å². The normalized spacial score (nSPS) is 18.6. The van der Waals surface area contributed by atoms with Gasteiger partial charge in [-0.05, 0) is 36.9 Å². The lowest BCUT2D eigenvalue weighted by molar-refractivity contribution is -0.137. The van der Waals surface area contributed by atoms with Gasteiger partial charge >= 0.3 is 6.18 Å². The molecule has 158 valence electrons. The first-order valence-electron chi connectivity index (χ1n) is 9.95. The predicted molar refractivity (Wildman–Crippen MR) is 115 cm³/mol. The number of halogens is 3. The van der Waals surface area contributed by atoms with Crippen LogP contribution < -0.4 is 15.9 Å². The Morgan fingerprint density at radius 1 is 1.20 bits per heavy atom. The first-order chi connectivity index (χ1) is 14.3. The summed E-state index contributed by atoms with van der Waals surface area (Å²) in [5.41, 5.74) is 0.790. The number of aromatic amines is 1. The van der Waals surface area contributed by atoms with E-state index < -0.39 is 19.7 Å². The van der Waals surface area contributed by atoms with E-state index in [1.165, 1.54) is 0 Å². The quantitative estimate of drug-likeness (QED) is 0.541. The van der Waals surface area contributed by atoms with Crippen molar-refractivity contribution in [2.24, 2.45) is 5.41 Å². The molecule has 0 radical (unpaired) electrons. The van der Waals surface area contributed by atoms with Crippen LogP contribution in [-0.4, -0.2) is 47.4 Å². The van der Waals surface area contributed by atoms with E-state index in [1.54, 1.807) is 6.20 Å². The molecule has 2 fully saturated rings. The van der Waals surface area contributed by atoms with Crippen LogP contribution in [0, 0.1) is 5.41 Å². The van der Waals surface area contributed by atoms with Crippen LogP contribution in [0.2, 0.25) is 0 Å². The monoisotopic (exact) mass is 433 g/mol. The molecular weight excluding hydrogens is 410 g/mol. The molecule has 5 rings (SSSR count). The number of hydrogen-bond acceptors (Lipinski definition) is 4. The lowest BCUT2D eigenvalue weighted by Crippen LogP contribution is -2.63. The third kappa shape index (κ3) is 3.26. The van der Waals surface area contributed by atoms with E-state index in [9.17, 15) is 13.2 Å². The molecule has 9 heteroatoms. The van der Waals surface area contributed by atoms with Gasteiger partial charge in [-0.3, -0.25) is 0 Å². The SMILES string of the molecule is CP(C)c1cccc2c(-c3nc(NC4CC5(CNC5)C4)ncc3C(F)(F)F)c[nH]c12. The second-order valence-electron chi connectivity index (χ2n) is 8.60. The molecule has 5 nitrogen and oxygen atoms in total. The maximum atomic E-state index is 13.8. The molecular formula is C21H23F3N5P. The Morgan fingerprint density at radius 3 is 2.60 bits per heavy atom. The molecule has 0 unspecified atom stereocenters. The van der Waals surface area contributed by atoms with Crippen LogP contribution in [0.25, 0.3) is 22.2 Å². The number of para-hydroxylation sites is 1. The van der Waals surface area contributed by atoms with Crippen LogP contribution in [0.15, 0.2) is 30.6 Å². The standard InChI is InChI=1S/C21H23F3N5P/c1-30(2)16-5-3-4-13-14(8-26-18(13)16)17-15(21(22,23)24)9-27-19(29-17)28-12-6-20(7-12)10-25-11-20/h3-5,8-9,12,25-26H,6-7,10-11H2,1-2H3,(H,27,28,29). The summed E-state index contributed by atoms with van der Waals surface area (Å²) in [7, 11) is -0.403. The van der Waals surface area contributed by atoms with E-state index >= 15 is 0 Å². The van der Waals surface area contributed by atoms with Gasteiger partial charge in [-0.25, -0.2) is 9.97 Å². The minimum atomic E-state index is -4.53. The van der Waals surface area contributed by atoms with Gasteiger partial charge in [0.25, 0.3) is 0 Å². The molecule has 2 aliphatic rings. The third-order valence-electron chi connectivity index (χ3n) is 6.22. The molecule has 1 aromatic carbocycles. The predicted octanol–water partition coefficient (Wildman–Crippen LogP) is 4.17. The van der Waals surface area contributed by atoms with E-state index in [0.29, 0.717) is 11.0 Å². The Bertz CT molecular complexity index is 1100. The molecule has 1 aliphatic carbocycles. The Balaban J connectivity index is 1.54. The van der Waals surface area contributed by atoms with Crippen molar-refractivity contribution in [3.63, 3.8) is 0 Å². The summed E-state index contributed by atoms with van der Waals surface area (Å²) in [5, 5.41) is 8.40. The highest BCUT2D eigenvalue weighted by Gasteiger charge is 2.48. The number of fused-ring (bicyclic) bond motifs is 1. The Morgan fingerprint density at radius 2 is 1.97 bits per heavy atom. The number of H-pyrrole nitrogens is 1. The fourth-order valence-corrected chi connectivity index (χ4v) is 5.62. The summed E-state index contributed by atoms with van der Waals surface area (Å²) < 4.78 is 41.3. The second-order valence-corrected chi connectivity index (χ2v) is 10.9. The second kappa shape index (κ2) is 6.92. The van der Waals surface area contributed by atoms with Crippen molar-refractivity contribution >= 4 is 30.1 Å². The number of aromatic nitrogens is 3. The maximum absolute atomic E-state index is 13.8. The first-order valence-corrected chi connectivity index (χ1v) is 12.2. The third-order valence-corrected chi connectivity index (χ3v) is 7.55. The van der Waals surface area contributed by atoms with Crippen LogP contribution in [0.4, 0.5) is 19.1 Å². The largest absolute Gasteiger partial charge is 0.419 e. The van der Waals surface area contributed by atoms with Gasteiger partial charge in [0.05, 0.1) is 11.2 Å². The number of benzene rings is 1. The Kier molecular flexibility index (Phi) is 4.56. The van der Waals surface area contributed by atoms with Crippen molar-refractivity contribution in [2.45, 2.75) is 25.1 Å². The highest BCUT2D eigenvalue weighted by atomic mass is 31.1. The zero-order valence-corrected chi connectivity index (χ0v) is 17.7. The summed E-state index contributed by atoms with van der Waals surface area (Å²) in [5.74, 6) is 0.254. The van der Waals surface area contributed by atoms with E-state index in [0.717, 1.165) is 48.3 Å². The summed E-state index contributed by atoms with van der Waals surface area (Å²) in [6.07, 6.45) is -0.0132. The maximum Gasteiger partial charge on any atom is 0.419 e. The number of hydrogen-bond donors (Lipinski definition) is 3. The zero-order chi connectivity index (χ0) is 21.1. The molecule has 0 atom stereocenters. The average molecular weight is 433 g/mol. The van der Waals surface area contributed by atoms with Crippen LogP contribution in [0.1, 0.15) is 18.4 Å². The van der Waals surface area contributed by atoms with Gasteiger partial charge < -0.3 is 15.6 Å². The molecule has 0 amide bonds. The minimum Gasteiger partial charge on any atom is -0.360 e. The summed E-state index contributed by atoms with van der Waals surface area (Å²) in [4.78, 5) is 11.5. The Labute approximate surface area is 173 Å². The van der Waals surface area contributed by atoms with Crippen LogP contribution in [0.3, 0.4) is 0 Å². The van der Waals surface area contributed by atoms with E-state index in [-0.39, 0.29) is 17.7 Å². The van der Waals surface area contributed by atoms with Crippen molar-refractivity contribution in [1.82, 2.24) is 20.3 Å². The van der Waals surface area contributed by atoms with Crippen LogP contribution in [0.5, 0.6) is 0 Å². The molecule has 1 aliphatic heterocycles. The first kappa shape index (κ1) is 19.8. The molecule has 2 aromatic heterocycles. The fraction of sp³-hybridized carbons (Fsp3) is 0.429. The minimum absolute atomic E-state index is 0.0840. The molecule has 3 aromatic rings. The van der Waals surface area contributed by atoms with Gasteiger partial charge in [0.2, 0.25) is 5.95 Å². The lowest BCUT2D eigenvalue weighted by Gasteiger charge is -2.54. The molecule has 1 saturated carbocycles. The van der Waals surface area contributed by atoms with Crippen LogP contribution in [-0.2, 0) is 6.18 Å². The molecule has 3 N–H and O–H groups in total. The summed E-state index contributed by atoms with van der Waals surface area (Å²) in [6.45, 7) is 6.28. The van der Waals surface area contributed by atoms with Gasteiger partial charge in [0, 0.05) is 42.5 Å². The molecule has 1 spiro atoms. The molecule has 3 heterocycles. The van der Waals surface area contributed by atoms with E-state index in [4.69, 9.17) is 0 Å². The van der Waals surface area contributed by atoms with Gasteiger partial charge in [-0.15, -0.1) is 0 Å². The van der Waals surface area contributed by atoms with Gasteiger partial charge in [-0.1, -0.05) is 26.1 Å². The Hall–Kier alpha value is -2.18. The van der Waals surface area contributed by atoms with Crippen molar-refractivity contribution < 1.29 is 13.2 Å². The lowest BCUT2D eigenvalue weighted by atomic mass is 9.62.